The van der Waals surface area contributed by atoms with Crippen LogP contribution in [0.5, 0.6) is 0 Å². The van der Waals surface area contributed by atoms with Crippen LogP contribution in [-0.4, -0.2) is 11.2 Å². The molecule has 4 saturated carbocycles. The fourth-order valence-electron chi connectivity index (χ4n) is 8.91. The van der Waals surface area contributed by atoms with E-state index in [2.05, 4.69) is 33.8 Å². The Bertz CT molecular complexity index is 596. The summed E-state index contributed by atoms with van der Waals surface area (Å²) >= 11 is 0. The van der Waals surface area contributed by atoms with E-state index in [0.29, 0.717) is 35.0 Å². The van der Waals surface area contributed by atoms with Crippen molar-refractivity contribution in [2.45, 2.75) is 98.0 Å². The van der Waals surface area contributed by atoms with Gasteiger partial charge in [-0.25, -0.2) is 0 Å². The van der Waals surface area contributed by atoms with Gasteiger partial charge in [-0.1, -0.05) is 34.1 Å². The number of nitriles is 1. The lowest BCUT2D eigenvalue weighted by Crippen LogP contribution is -2.58. The quantitative estimate of drug-likeness (QED) is 0.642. The molecule has 0 aliphatic heterocycles. The summed E-state index contributed by atoms with van der Waals surface area (Å²) in [5, 5.41) is 20.3. The molecule has 0 unspecified atom stereocenters. The molecule has 27 heavy (non-hydrogen) atoms. The monoisotopic (exact) mass is 371 g/mol. The van der Waals surface area contributed by atoms with Crippen LogP contribution in [0.2, 0.25) is 0 Å². The van der Waals surface area contributed by atoms with Gasteiger partial charge in [-0.2, -0.15) is 5.26 Å². The maximum atomic E-state index is 11.3. The molecular weight excluding hydrogens is 330 g/mol. The molecule has 152 valence electrons. The Hall–Kier alpha value is -0.550. The molecule has 0 aromatic carbocycles. The van der Waals surface area contributed by atoms with Crippen LogP contribution >= 0.6 is 0 Å². The first-order valence-electron chi connectivity index (χ1n) is 11.9. The Kier molecular flexibility index (Phi) is 5.16. The SMILES string of the molecule is C[C@@H]1CC[C@@]2(C)[C@@H](C1)C[C@H](O)[C@@H]1[C@@H]2CC[C@]2(C)[C@@H]([C@H](C)CCC#N)CC[C@@H]12. The lowest BCUT2D eigenvalue weighted by molar-refractivity contribution is -0.168. The first kappa shape index (κ1) is 19.8. The molecule has 0 heterocycles. The second kappa shape index (κ2) is 7.05. The average molecular weight is 372 g/mol. The molecule has 2 nitrogen and oxygen atoms in total. The summed E-state index contributed by atoms with van der Waals surface area (Å²) in [5.41, 5.74) is 0.865. The molecule has 4 aliphatic carbocycles. The summed E-state index contributed by atoms with van der Waals surface area (Å²) in [5.74, 6) is 4.97. The van der Waals surface area contributed by atoms with Crippen LogP contribution in [-0.2, 0) is 0 Å². The van der Waals surface area contributed by atoms with Crippen LogP contribution in [0.4, 0.5) is 0 Å². The normalized spacial score (nSPS) is 53.0. The summed E-state index contributed by atoms with van der Waals surface area (Å²) in [7, 11) is 0. The largest absolute Gasteiger partial charge is 0.393 e. The summed E-state index contributed by atoms with van der Waals surface area (Å²) in [6, 6.07) is 2.36. The third-order valence-electron chi connectivity index (χ3n) is 10.4. The topological polar surface area (TPSA) is 44.0 Å². The molecule has 4 rings (SSSR count). The summed E-state index contributed by atoms with van der Waals surface area (Å²) in [6.07, 6.45) is 12.2. The van der Waals surface area contributed by atoms with Crippen molar-refractivity contribution in [1.29, 1.82) is 5.26 Å². The van der Waals surface area contributed by atoms with Gasteiger partial charge in [0, 0.05) is 6.42 Å². The highest BCUT2D eigenvalue weighted by Crippen LogP contribution is 2.68. The molecule has 0 amide bonds. The molecule has 4 fully saturated rings. The minimum atomic E-state index is -0.0730. The minimum Gasteiger partial charge on any atom is -0.393 e. The Morgan fingerprint density at radius 3 is 2.48 bits per heavy atom. The third-order valence-corrected chi connectivity index (χ3v) is 10.4. The lowest BCUT2D eigenvalue weighted by Gasteiger charge is -2.62. The second-order valence-corrected chi connectivity index (χ2v) is 11.6. The molecule has 0 aromatic heterocycles. The van der Waals surface area contributed by atoms with Crippen molar-refractivity contribution in [3.8, 4) is 6.07 Å². The summed E-state index contributed by atoms with van der Waals surface area (Å²) < 4.78 is 0. The number of aliphatic hydroxyl groups excluding tert-OH is 1. The minimum absolute atomic E-state index is 0.0730. The molecular formula is C25H41NO. The van der Waals surface area contributed by atoms with Gasteiger partial charge < -0.3 is 5.11 Å². The van der Waals surface area contributed by atoms with Crippen LogP contribution in [0.1, 0.15) is 91.9 Å². The molecule has 0 aromatic rings. The van der Waals surface area contributed by atoms with E-state index >= 15 is 0 Å². The number of fused-ring (bicyclic) bond motifs is 5. The maximum Gasteiger partial charge on any atom is 0.0621 e. The number of aliphatic hydroxyl groups is 1. The van der Waals surface area contributed by atoms with Crippen molar-refractivity contribution < 1.29 is 5.11 Å². The van der Waals surface area contributed by atoms with E-state index in [1.54, 1.807) is 0 Å². The van der Waals surface area contributed by atoms with Crippen LogP contribution < -0.4 is 0 Å². The van der Waals surface area contributed by atoms with E-state index in [4.69, 9.17) is 5.26 Å². The first-order valence-corrected chi connectivity index (χ1v) is 11.9. The fourth-order valence-corrected chi connectivity index (χ4v) is 8.91. The predicted molar refractivity (Wildman–Crippen MR) is 110 cm³/mol. The van der Waals surface area contributed by atoms with E-state index in [1.807, 2.05) is 0 Å². The Morgan fingerprint density at radius 1 is 1.04 bits per heavy atom. The summed E-state index contributed by atoms with van der Waals surface area (Å²) in [6.45, 7) is 9.95. The molecule has 2 heteroatoms. The highest BCUT2D eigenvalue weighted by atomic mass is 16.3. The van der Waals surface area contributed by atoms with E-state index in [-0.39, 0.29) is 6.10 Å². The van der Waals surface area contributed by atoms with Gasteiger partial charge in [0.05, 0.1) is 12.2 Å². The zero-order valence-electron chi connectivity index (χ0n) is 18.1. The second-order valence-electron chi connectivity index (χ2n) is 11.6. The van der Waals surface area contributed by atoms with Crippen molar-refractivity contribution >= 4 is 0 Å². The van der Waals surface area contributed by atoms with E-state index in [9.17, 15) is 5.11 Å². The highest BCUT2D eigenvalue weighted by Gasteiger charge is 2.62. The van der Waals surface area contributed by atoms with Gasteiger partial charge in [0.1, 0.15) is 0 Å². The molecule has 0 bridgehead atoms. The van der Waals surface area contributed by atoms with Crippen LogP contribution in [0.3, 0.4) is 0 Å². The van der Waals surface area contributed by atoms with Crippen molar-refractivity contribution in [2.24, 2.45) is 52.3 Å². The van der Waals surface area contributed by atoms with Crippen molar-refractivity contribution in [3.63, 3.8) is 0 Å². The van der Waals surface area contributed by atoms with Crippen molar-refractivity contribution in [1.82, 2.24) is 0 Å². The Balaban J connectivity index is 1.58. The van der Waals surface area contributed by atoms with Crippen LogP contribution in [0, 0.1) is 63.6 Å². The average Bonchev–Trinajstić information content (AvgIpc) is 2.98. The molecule has 0 radical (unpaired) electrons. The van der Waals surface area contributed by atoms with E-state index in [0.717, 1.165) is 36.5 Å². The molecule has 4 aliphatic rings. The zero-order chi connectivity index (χ0) is 19.4. The van der Waals surface area contributed by atoms with Gasteiger partial charge >= 0.3 is 0 Å². The van der Waals surface area contributed by atoms with Gasteiger partial charge in [0.15, 0.2) is 0 Å². The van der Waals surface area contributed by atoms with Gasteiger partial charge in [-0.05, 0) is 104 Å². The number of hydrogen-bond donors (Lipinski definition) is 1. The van der Waals surface area contributed by atoms with Gasteiger partial charge in [-0.15, -0.1) is 0 Å². The number of hydrogen-bond acceptors (Lipinski definition) is 2. The van der Waals surface area contributed by atoms with Crippen LogP contribution in [0.25, 0.3) is 0 Å². The zero-order valence-corrected chi connectivity index (χ0v) is 18.1. The predicted octanol–water partition coefficient (Wildman–Crippen LogP) is 6.19. The Morgan fingerprint density at radius 2 is 1.74 bits per heavy atom. The fraction of sp³-hybridized carbons (Fsp3) is 0.960. The summed E-state index contributed by atoms with van der Waals surface area (Å²) in [4.78, 5) is 0. The molecule has 0 saturated heterocycles. The number of nitrogens with zero attached hydrogens (tertiary/aromatic N) is 1. The van der Waals surface area contributed by atoms with Gasteiger partial charge in [0.2, 0.25) is 0 Å². The van der Waals surface area contributed by atoms with Gasteiger partial charge in [-0.3, -0.25) is 0 Å². The molecule has 10 atom stereocenters. The van der Waals surface area contributed by atoms with Crippen molar-refractivity contribution in [3.05, 3.63) is 0 Å². The standard InChI is InChI=1S/C25H41NO/c1-16-9-11-24(3)18(14-16)15-22(27)23-20-8-7-19(17(2)6-5-13-26)25(20,4)12-10-21(23)24/h16-23,27H,5-12,14-15H2,1-4H3/t16-,17-,18+,19-,20+,21+,22+,23+,24+,25-/m1/s1. The van der Waals surface area contributed by atoms with Crippen molar-refractivity contribution in [2.75, 3.05) is 0 Å². The first-order chi connectivity index (χ1) is 12.8. The Labute approximate surface area is 167 Å². The van der Waals surface area contributed by atoms with Crippen LogP contribution in [0.15, 0.2) is 0 Å². The third kappa shape index (κ3) is 2.99. The molecule has 0 spiro atoms. The smallest absolute Gasteiger partial charge is 0.0621 e. The maximum absolute atomic E-state index is 11.3. The van der Waals surface area contributed by atoms with E-state index < -0.39 is 0 Å². The number of rotatable bonds is 3. The highest BCUT2D eigenvalue weighted by molar-refractivity contribution is 5.11. The lowest BCUT2D eigenvalue weighted by atomic mass is 9.43. The molecule has 1 N–H and O–H groups in total. The van der Waals surface area contributed by atoms with Gasteiger partial charge in [0.25, 0.3) is 0 Å². The van der Waals surface area contributed by atoms with E-state index in [1.165, 1.54) is 44.9 Å².